The Hall–Kier alpha value is -0.180. The summed E-state index contributed by atoms with van der Waals surface area (Å²) < 4.78 is 4.98. The number of carbonyl (C=O) groups excluding carboxylic acids is 1. The highest BCUT2D eigenvalue weighted by atomic mass is 32.1. The number of rotatable bonds is 7. The van der Waals surface area contributed by atoms with Crippen LogP contribution in [0.1, 0.15) is 46.5 Å². The molecule has 0 saturated carbocycles. The Balaban J connectivity index is 3.35. The van der Waals surface area contributed by atoms with E-state index in [4.69, 9.17) is 4.74 Å². The van der Waals surface area contributed by atoms with Crippen molar-refractivity contribution in [2.24, 2.45) is 5.92 Å². The minimum Gasteiger partial charge on any atom is -0.466 e. The van der Waals surface area contributed by atoms with E-state index in [2.05, 4.69) is 26.5 Å². The zero-order chi connectivity index (χ0) is 11.0. The van der Waals surface area contributed by atoms with Crippen molar-refractivity contribution >= 4 is 18.6 Å². The van der Waals surface area contributed by atoms with Gasteiger partial charge < -0.3 is 4.74 Å². The summed E-state index contributed by atoms with van der Waals surface area (Å²) in [5.74, 6) is 0.609. The van der Waals surface area contributed by atoms with E-state index < -0.39 is 0 Å². The van der Waals surface area contributed by atoms with Crippen molar-refractivity contribution in [3.05, 3.63) is 0 Å². The molecule has 0 aliphatic heterocycles. The molecule has 0 spiro atoms. The van der Waals surface area contributed by atoms with E-state index in [1.807, 2.05) is 0 Å². The molecule has 0 N–H and O–H groups in total. The lowest BCUT2D eigenvalue weighted by atomic mass is 10.1. The molecule has 0 aliphatic carbocycles. The van der Waals surface area contributed by atoms with Crippen molar-refractivity contribution in [2.45, 2.75) is 51.7 Å². The van der Waals surface area contributed by atoms with Gasteiger partial charge in [0, 0.05) is 11.7 Å². The molecular weight excluding hydrogens is 196 g/mol. The molecule has 0 fully saturated rings. The third kappa shape index (κ3) is 8.42. The minimum atomic E-state index is -0.116. The molecule has 0 aromatic rings. The van der Waals surface area contributed by atoms with Crippen molar-refractivity contribution in [3.8, 4) is 0 Å². The molecule has 0 heterocycles. The summed E-state index contributed by atoms with van der Waals surface area (Å²) in [5.41, 5.74) is 0. The molecule has 1 unspecified atom stereocenters. The van der Waals surface area contributed by atoms with Gasteiger partial charge in [-0.2, -0.15) is 12.6 Å². The smallest absolute Gasteiger partial charge is 0.305 e. The Morgan fingerprint density at radius 1 is 1.29 bits per heavy atom. The van der Waals surface area contributed by atoms with E-state index in [0.29, 0.717) is 18.3 Å². The maximum absolute atomic E-state index is 10.8. The third-order valence-electron chi connectivity index (χ3n) is 2.08. The molecule has 2 nitrogen and oxygen atoms in total. The highest BCUT2D eigenvalue weighted by Crippen LogP contribution is 2.13. The van der Waals surface area contributed by atoms with Crippen LogP contribution in [0.25, 0.3) is 0 Å². The van der Waals surface area contributed by atoms with E-state index in [9.17, 15) is 4.79 Å². The van der Waals surface area contributed by atoms with Crippen LogP contribution in [0, 0.1) is 5.92 Å². The first-order valence-corrected chi connectivity index (χ1v) is 5.91. The highest BCUT2D eigenvalue weighted by molar-refractivity contribution is 7.80. The van der Waals surface area contributed by atoms with Crippen LogP contribution in [0.15, 0.2) is 0 Å². The highest BCUT2D eigenvalue weighted by Gasteiger charge is 2.06. The second-order valence-electron chi connectivity index (χ2n) is 3.99. The lowest BCUT2D eigenvalue weighted by Gasteiger charge is -2.11. The second-order valence-corrected chi connectivity index (χ2v) is 4.72. The molecule has 0 radical (unpaired) electrons. The van der Waals surface area contributed by atoms with E-state index >= 15 is 0 Å². The third-order valence-corrected chi connectivity index (χ3v) is 2.60. The molecule has 1 atom stereocenters. The number of esters is 1. The Kier molecular flexibility index (Phi) is 8.05. The molecule has 84 valence electrons. The first-order chi connectivity index (χ1) is 6.56. The molecule has 14 heavy (non-hydrogen) atoms. The van der Waals surface area contributed by atoms with Gasteiger partial charge in [-0.05, 0) is 25.2 Å². The van der Waals surface area contributed by atoms with Gasteiger partial charge in [-0.3, -0.25) is 4.79 Å². The molecule has 0 saturated heterocycles. The van der Waals surface area contributed by atoms with Gasteiger partial charge >= 0.3 is 5.97 Å². The number of carbonyl (C=O) groups is 1. The van der Waals surface area contributed by atoms with Crippen LogP contribution in [0.5, 0.6) is 0 Å². The SMILES string of the molecule is CCC(=O)OCCC(S)CCC(C)C. The van der Waals surface area contributed by atoms with Crippen molar-refractivity contribution < 1.29 is 9.53 Å². The quantitative estimate of drug-likeness (QED) is 0.525. The van der Waals surface area contributed by atoms with Crippen LogP contribution < -0.4 is 0 Å². The topological polar surface area (TPSA) is 26.3 Å². The van der Waals surface area contributed by atoms with Gasteiger partial charge in [0.15, 0.2) is 0 Å². The van der Waals surface area contributed by atoms with Gasteiger partial charge in [0.05, 0.1) is 6.61 Å². The summed E-state index contributed by atoms with van der Waals surface area (Å²) in [6, 6.07) is 0. The first kappa shape index (κ1) is 13.8. The van der Waals surface area contributed by atoms with Gasteiger partial charge in [-0.15, -0.1) is 0 Å². The Morgan fingerprint density at radius 2 is 1.93 bits per heavy atom. The zero-order valence-corrected chi connectivity index (χ0v) is 10.3. The van der Waals surface area contributed by atoms with E-state index in [-0.39, 0.29) is 5.97 Å². The van der Waals surface area contributed by atoms with Crippen LogP contribution in [-0.2, 0) is 9.53 Å². The Bertz CT molecular complexity index is 157. The Morgan fingerprint density at radius 3 is 2.43 bits per heavy atom. The summed E-state index contributed by atoms with van der Waals surface area (Å²) >= 11 is 4.45. The van der Waals surface area contributed by atoms with Gasteiger partial charge in [0.1, 0.15) is 0 Å². The average Bonchev–Trinajstić information content (AvgIpc) is 2.14. The summed E-state index contributed by atoms with van der Waals surface area (Å²) in [4.78, 5) is 10.8. The van der Waals surface area contributed by atoms with Crippen molar-refractivity contribution in [1.29, 1.82) is 0 Å². The predicted molar refractivity (Wildman–Crippen MR) is 62.7 cm³/mol. The second kappa shape index (κ2) is 8.16. The molecule has 0 bridgehead atoms. The predicted octanol–water partition coefficient (Wildman–Crippen LogP) is 3.06. The monoisotopic (exact) mass is 218 g/mol. The minimum absolute atomic E-state index is 0.116. The van der Waals surface area contributed by atoms with Gasteiger partial charge in [0.25, 0.3) is 0 Å². The van der Waals surface area contributed by atoms with Gasteiger partial charge in [0.2, 0.25) is 0 Å². The molecular formula is C11H22O2S. The van der Waals surface area contributed by atoms with Crippen LogP contribution in [0.4, 0.5) is 0 Å². The van der Waals surface area contributed by atoms with Crippen molar-refractivity contribution in [1.82, 2.24) is 0 Å². The van der Waals surface area contributed by atoms with Gasteiger partial charge in [-0.25, -0.2) is 0 Å². The molecule has 0 amide bonds. The van der Waals surface area contributed by atoms with Crippen LogP contribution in [-0.4, -0.2) is 17.8 Å². The lowest BCUT2D eigenvalue weighted by Crippen LogP contribution is -2.09. The number of hydrogen-bond donors (Lipinski definition) is 1. The van der Waals surface area contributed by atoms with Crippen LogP contribution >= 0.6 is 12.6 Å². The molecule has 0 rings (SSSR count). The summed E-state index contributed by atoms with van der Waals surface area (Å²) in [5, 5.41) is 0.363. The van der Waals surface area contributed by atoms with Gasteiger partial charge in [-0.1, -0.05) is 20.8 Å². The number of ether oxygens (including phenoxy) is 1. The fraction of sp³-hybridized carbons (Fsp3) is 0.909. The van der Waals surface area contributed by atoms with E-state index in [1.54, 1.807) is 6.92 Å². The molecule has 3 heteroatoms. The number of hydrogen-bond acceptors (Lipinski definition) is 3. The molecule has 0 aliphatic rings. The molecule has 0 aromatic carbocycles. The van der Waals surface area contributed by atoms with E-state index in [1.165, 1.54) is 6.42 Å². The van der Waals surface area contributed by atoms with Crippen LogP contribution in [0.2, 0.25) is 0 Å². The standard InChI is InChI=1S/C11H22O2S/c1-4-11(12)13-8-7-10(14)6-5-9(2)3/h9-10,14H,4-8H2,1-3H3. The molecule has 0 aromatic heterocycles. The van der Waals surface area contributed by atoms with E-state index in [0.717, 1.165) is 18.8 Å². The summed E-state index contributed by atoms with van der Waals surface area (Å²) in [6.07, 6.45) is 3.62. The largest absolute Gasteiger partial charge is 0.466 e. The van der Waals surface area contributed by atoms with Crippen molar-refractivity contribution in [2.75, 3.05) is 6.61 Å². The fourth-order valence-electron chi connectivity index (χ4n) is 1.08. The van der Waals surface area contributed by atoms with Crippen molar-refractivity contribution in [3.63, 3.8) is 0 Å². The zero-order valence-electron chi connectivity index (χ0n) is 9.45. The lowest BCUT2D eigenvalue weighted by molar-refractivity contribution is -0.143. The Labute approximate surface area is 92.8 Å². The first-order valence-electron chi connectivity index (χ1n) is 5.40. The number of thiol groups is 1. The maximum atomic E-state index is 10.8. The maximum Gasteiger partial charge on any atom is 0.305 e. The normalized spacial score (nSPS) is 12.9. The van der Waals surface area contributed by atoms with Crippen LogP contribution in [0.3, 0.4) is 0 Å². The average molecular weight is 218 g/mol. The summed E-state index contributed by atoms with van der Waals surface area (Å²) in [6.45, 7) is 6.73. The fourth-order valence-corrected chi connectivity index (χ4v) is 1.34. The summed E-state index contributed by atoms with van der Waals surface area (Å²) in [7, 11) is 0.